The molecule has 0 fully saturated rings. The molecule has 2 heterocycles. The van der Waals surface area contributed by atoms with E-state index in [2.05, 4.69) is 6.07 Å². The Morgan fingerprint density at radius 2 is 1.80 bits per heavy atom. The van der Waals surface area contributed by atoms with Crippen molar-refractivity contribution in [2.24, 2.45) is 0 Å². The number of methoxy groups -OCH3 is 3. The molecule has 2 atom stereocenters. The van der Waals surface area contributed by atoms with Gasteiger partial charge in [0.15, 0.2) is 23.0 Å². The summed E-state index contributed by atoms with van der Waals surface area (Å²) in [6.45, 7) is 1.96. The molecule has 132 valence electrons. The van der Waals surface area contributed by atoms with Gasteiger partial charge in [-0.05, 0) is 29.3 Å². The minimum absolute atomic E-state index is 0.229. The molecule has 4 rings (SSSR count). The first-order chi connectivity index (χ1) is 12.2. The fourth-order valence-corrected chi connectivity index (χ4v) is 4.35. The average molecular weight is 342 g/mol. The van der Waals surface area contributed by atoms with Crippen LogP contribution in [0.5, 0.6) is 23.0 Å². The summed E-state index contributed by atoms with van der Waals surface area (Å²) >= 11 is 0. The van der Waals surface area contributed by atoms with Crippen molar-refractivity contribution in [2.45, 2.75) is 25.4 Å². The number of quaternary nitrogens is 1. The maximum Gasteiger partial charge on any atom is 0.169 e. The molecule has 0 aliphatic carbocycles. The van der Waals surface area contributed by atoms with Gasteiger partial charge in [0.2, 0.25) is 0 Å². The number of hydrogen-bond donors (Lipinski definition) is 2. The lowest BCUT2D eigenvalue weighted by atomic mass is 9.83. The molecule has 0 saturated carbocycles. The van der Waals surface area contributed by atoms with Gasteiger partial charge in [-0.15, -0.1) is 0 Å². The molecule has 2 aliphatic heterocycles. The first-order valence-corrected chi connectivity index (χ1v) is 8.63. The van der Waals surface area contributed by atoms with Gasteiger partial charge >= 0.3 is 0 Å². The maximum absolute atomic E-state index is 10.1. The number of nitrogens with one attached hydrogen (secondary N) is 1. The molecule has 5 nitrogen and oxygen atoms in total. The Morgan fingerprint density at radius 1 is 1.00 bits per heavy atom. The van der Waals surface area contributed by atoms with Crippen LogP contribution in [0.2, 0.25) is 0 Å². The van der Waals surface area contributed by atoms with E-state index in [4.69, 9.17) is 14.2 Å². The molecular weight excluding hydrogens is 318 g/mol. The van der Waals surface area contributed by atoms with E-state index in [-0.39, 0.29) is 5.75 Å². The van der Waals surface area contributed by atoms with Gasteiger partial charge in [0.25, 0.3) is 0 Å². The molecule has 0 amide bonds. The van der Waals surface area contributed by atoms with Crippen LogP contribution in [-0.2, 0) is 19.4 Å². The Labute approximate surface area is 147 Å². The molecule has 2 aliphatic rings. The van der Waals surface area contributed by atoms with E-state index in [0.29, 0.717) is 11.8 Å². The Morgan fingerprint density at radius 3 is 2.52 bits per heavy atom. The van der Waals surface area contributed by atoms with Gasteiger partial charge in [0.05, 0.1) is 33.4 Å². The largest absolute Gasteiger partial charge is 0.504 e. The SMILES string of the molecule is COc1cc2c(cc1O)CC[NH+]1Cc3c(ccc(OC)c3OC)CC21. The number of benzene rings is 2. The highest BCUT2D eigenvalue weighted by molar-refractivity contribution is 5.53. The van der Waals surface area contributed by atoms with E-state index in [9.17, 15) is 5.11 Å². The van der Waals surface area contributed by atoms with Crippen molar-refractivity contribution < 1.29 is 24.2 Å². The zero-order chi connectivity index (χ0) is 17.6. The molecular formula is C20H24NO4+. The number of phenols is 1. The van der Waals surface area contributed by atoms with E-state index in [1.807, 2.05) is 18.2 Å². The van der Waals surface area contributed by atoms with Crippen LogP contribution in [0.15, 0.2) is 24.3 Å². The standard InChI is InChI=1S/C20H23NO4/c1-23-18-5-4-12-8-16-14-10-19(24-2)17(22)9-13(14)6-7-21(16)11-15(12)20(18)25-3/h4-5,9-10,16,22H,6-8,11H2,1-3H3/p+1. The number of ether oxygens (including phenoxy) is 3. The lowest BCUT2D eigenvalue weighted by Gasteiger charge is -2.39. The van der Waals surface area contributed by atoms with Crippen molar-refractivity contribution in [1.82, 2.24) is 0 Å². The Bertz CT molecular complexity index is 818. The smallest absolute Gasteiger partial charge is 0.169 e. The van der Waals surface area contributed by atoms with Gasteiger partial charge in [-0.2, -0.15) is 0 Å². The van der Waals surface area contributed by atoms with Crippen LogP contribution in [0.25, 0.3) is 0 Å². The third-order valence-electron chi connectivity index (χ3n) is 5.60. The second-order valence-electron chi connectivity index (χ2n) is 6.75. The molecule has 0 radical (unpaired) electrons. The van der Waals surface area contributed by atoms with Crippen LogP contribution in [0.3, 0.4) is 0 Å². The zero-order valence-corrected chi connectivity index (χ0v) is 14.9. The number of rotatable bonds is 3. The summed E-state index contributed by atoms with van der Waals surface area (Å²) < 4.78 is 16.4. The van der Waals surface area contributed by atoms with E-state index in [1.54, 1.807) is 21.3 Å². The third kappa shape index (κ3) is 2.50. The number of hydrogen-bond acceptors (Lipinski definition) is 4. The van der Waals surface area contributed by atoms with E-state index < -0.39 is 0 Å². The summed E-state index contributed by atoms with van der Waals surface area (Å²) in [6, 6.07) is 8.40. The highest BCUT2D eigenvalue weighted by Crippen LogP contribution is 2.39. The highest BCUT2D eigenvalue weighted by atomic mass is 16.5. The summed E-state index contributed by atoms with van der Waals surface area (Å²) in [5, 5.41) is 10.1. The first-order valence-electron chi connectivity index (χ1n) is 8.63. The minimum Gasteiger partial charge on any atom is -0.504 e. The number of phenolic OH excluding ortho intramolecular Hbond substituents is 1. The molecule has 2 N–H and O–H groups in total. The Hall–Kier alpha value is -2.40. The normalized spacial score (nSPS) is 20.9. The van der Waals surface area contributed by atoms with Crippen molar-refractivity contribution in [3.8, 4) is 23.0 Å². The van der Waals surface area contributed by atoms with E-state index >= 15 is 0 Å². The molecule has 5 heteroatoms. The first kappa shape index (κ1) is 16.1. The van der Waals surface area contributed by atoms with Crippen LogP contribution < -0.4 is 19.1 Å². The van der Waals surface area contributed by atoms with Crippen LogP contribution in [0, 0.1) is 0 Å². The predicted molar refractivity (Wildman–Crippen MR) is 93.9 cm³/mol. The molecule has 2 aromatic rings. The van der Waals surface area contributed by atoms with E-state index in [0.717, 1.165) is 37.4 Å². The fraction of sp³-hybridized carbons (Fsp3) is 0.400. The van der Waals surface area contributed by atoms with Crippen LogP contribution in [0.4, 0.5) is 0 Å². The van der Waals surface area contributed by atoms with Crippen LogP contribution in [-0.4, -0.2) is 33.0 Å². The van der Waals surface area contributed by atoms with Gasteiger partial charge in [-0.25, -0.2) is 0 Å². The second kappa shape index (κ2) is 6.15. The molecule has 0 saturated heterocycles. The molecule has 0 bridgehead atoms. The van der Waals surface area contributed by atoms with Gasteiger partial charge < -0.3 is 24.2 Å². The molecule has 0 spiro atoms. The Balaban J connectivity index is 1.77. The van der Waals surface area contributed by atoms with E-state index in [1.165, 1.54) is 27.2 Å². The van der Waals surface area contributed by atoms with Gasteiger partial charge in [-0.3, -0.25) is 0 Å². The van der Waals surface area contributed by atoms with Crippen molar-refractivity contribution >= 4 is 0 Å². The molecule has 2 unspecified atom stereocenters. The van der Waals surface area contributed by atoms with Crippen LogP contribution in [0.1, 0.15) is 28.3 Å². The summed E-state index contributed by atoms with van der Waals surface area (Å²) in [5.74, 6) is 2.44. The molecule has 0 aromatic heterocycles. The van der Waals surface area contributed by atoms with Crippen LogP contribution >= 0.6 is 0 Å². The third-order valence-corrected chi connectivity index (χ3v) is 5.60. The highest BCUT2D eigenvalue weighted by Gasteiger charge is 2.38. The molecule has 2 aromatic carbocycles. The van der Waals surface area contributed by atoms with Gasteiger partial charge in [-0.1, -0.05) is 6.07 Å². The number of fused-ring (bicyclic) bond motifs is 4. The maximum atomic E-state index is 10.1. The lowest BCUT2D eigenvalue weighted by molar-refractivity contribution is -0.949. The monoisotopic (exact) mass is 342 g/mol. The minimum atomic E-state index is 0.229. The van der Waals surface area contributed by atoms with Crippen molar-refractivity contribution in [1.29, 1.82) is 0 Å². The van der Waals surface area contributed by atoms with Gasteiger partial charge in [0, 0.05) is 18.4 Å². The lowest BCUT2D eigenvalue weighted by Crippen LogP contribution is -3.13. The summed E-state index contributed by atoms with van der Waals surface area (Å²) in [7, 11) is 4.99. The summed E-state index contributed by atoms with van der Waals surface area (Å²) in [4.78, 5) is 1.53. The topological polar surface area (TPSA) is 52.4 Å². The van der Waals surface area contributed by atoms with Crippen molar-refractivity contribution in [3.05, 3.63) is 46.5 Å². The quantitative estimate of drug-likeness (QED) is 0.891. The second-order valence-corrected chi connectivity index (χ2v) is 6.75. The zero-order valence-electron chi connectivity index (χ0n) is 14.9. The Kier molecular flexibility index (Phi) is 3.96. The van der Waals surface area contributed by atoms with Gasteiger partial charge in [0.1, 0.15) is 12.6 Å². The number of aromatic hydroxyl groups is 1. The van der Waals surface area contributed by atoms with Crippen molar-refractivity contribution in [3.63, 3.8) is 0 Å². The predicted octanol–water partition coefficient (Wildman–Crippen LogP) is 1.66. The van der Waals surface area contributed by atoms with Crippen molar-refractivity contribution in [2.75, 3.05) is 27.9 Å². The molecule has 25 heavy (non-hydrogen) atoms. The fourth-order valence-electron chi connectivity index (χ4n) is 4.35. The summed E-state index contributed by atoms with van der Waals surface area (Å²) in [6.07, 6.45) is 1.91. The average Bonchev–Trinajstić information content (AvgIpc) is 2.64. The summed E-state index contributed by atoms with van der Waals surface area (Å²) in [5.41, 5.74) is 5.08.